The molecular weight excluding hydrogens is 198 g/mol. The van der Waals surface area contributed by atoms with E-state index in [-0.39, 0.29) is 5.72 Å². The Balaban J connectivity index is 2.27. The van der Waals surface area contributed by atoms with Crippen molar-refractivity contribution >= 4 is 0 Å². The van der Waals surface area contributed by atoms with Crippen LogP contribution in [0.5, 0.6) is 0 Å². The molecule has 16 heavy (non-hydrogen) atoms. The number of rotatable bonds is 2. The Kier molecular flexibility index (Phi) is 3.33. The Morgan fingerprint density at radius 2 is 1.94 bits per heavy atom. The Hall–Kier alpha value is -0.0800. The van der Waals surface area contributed by atoms with E-state index in [0.717, 1.165) is 18.4 Å². The minimum atomic E-state index is 0.0712. The van der Waals surface area contributed by atoms with Gasteiger partial charge >= 0.3 is 0 Å². The van der Waals surface area contributed by atoms with Crippen LogP contribution in [-0.4, -0.2) is 29.3 Å². The third kappa shape index (κ3) is 1.80. The molecule has 1 aliphatic heterocycles. The maximum absolute atomic E-state index is 6.38. The molecule has 1 heterocycles. The summed E-state index contributed by atoms with van der Waals surface area (Å²) >= 11 is 0. The molecule has 0 unspecified atom stereocenters. The zero-order valence-electron chi connectivity index (χ0n) is 11.5. The molecule has 0 bridgehead atoms. The summed E-state index contributed by atoms with van der Waals surface area (Å²) in [6.07, 6.45) is 4.31. The molecule has 2 rings (SSSR count). The zero-order chi connectivity index (χ0) is 11.9. The Bertz CT molecular complexity index is 251. The molecule has 0 aromatic heterocycles. The third-order valence-electron chi connectivity index (χ3n) is 4.40. The monoisotopic (exact) mass is 225 g/mol. The lowest BCUT2D eigenvalue weighted by molar-refractivity contribution is -0.145. The van der Waals surface area contributed by atoms with Gasteiger partial charge in [-0.3, -0.25) is 4.90 Å². The predicted octanol–water partition coefficient (Wildman–Crippen LogP) is 3.27. The van der Waals surface area contributed by atoms with Crippen molar-refractivity contribution in [2.45, 2.75) is 71.8 Å². The van der Waals surface area contributed by atoms with Crippen molar-refractivity contribution < 1.29 is 4.74 Å². The Morgan fingerprint density at radius 3 is 2.50 bits per heavy atom. The molecule has 1 aliphatic carbocycles. The summed E-state index contributed by atoms with van der Waals surface area (Å²) in [5, 5.41) is 0. The van der Waals surface area contributed by atoms with E-state index in [9.17, 15) is 0 Å². The largest absolute Gasteiger partial charge is 0.356 e. The highest BCUT2D eigenvalue weighted by Crippen LogP contribution is 2.49. The van der Waals surface area contributed by atoms with Gasteiger partial charge in [-0.1, -0.05) is 13.8 Å². The van der Waals surface area contributed by atoms with Crippen molar-refractivity contribution in [1.29, 1.82) is 0 Å². The van der Waals surface area contributed by atoms with Crippen molar-refractivity contribution in [1.82, 2.24) is 4.90 Å². The van der Waals surface area contributed by atoms with Crippen molar-refractivity contribution in [2.75, 3.05) is 6.54 Å². The van der Waals surface area contributed by atoms with E-state index < -0.39 is 0 Å². The van der Waals surface area contributed by atoms with Crippen molar-refractivity contribution in [3.05, 3.63) is 0 Å². The lowest BCUT2D eigenvalue weighted by atomic mass is 9.86. The molecule has 1 spiro atoms. The number of ether oxygens (including phenoxy) is 1. The van der Waals surface area contributed by atoms with Crippen molar-refractivity contribution in [3.63, 3.8) is 0 Å². The van der Waals surface area contributed by atoms with E-state index in [0.29, 0.717) is 12.1 Å². The molecule has 0 radical (unpaired) electrons. The summed E-state index contributed by atoms with van der Waals surface area (Å²) in [6.45, 7) is 12.6. The van der Waals surface area contributed by atoms with Gasteiger partial charge < -0.3 is 4.74 Å². The first-order chi connectivity index (χ1) is 7.47. The molecule has 0 aromatic rings. The van der Waals surface area contributed by atoms with Crippen molar-refractivity contribution in [3.8, 4) is 0 Å². The first-order valence-corrected chi connectivity index (χ1v) is 6.92. The average molecular weight is 225 g/mol. The summed E-state index contributed by atoms with van der Waals surface area (Å²) in [4.78, 5) is 2.62. The molecule has 2 fully saturated rings. The quantitative estimate of drug-likeness (QED) is 0.715. The van der Waals surface area contributed by atoms with Crippen molar-refractivity contribution in [2.24, 2.45) is 11.8 Å². The van der Waals surface area contributed by atoms with Crippen LogP contribution in [0.2, 0.25) is 0 Å². The molecule has 0 N–H and O–H groups in total. The van der Waals surface area contributed by atoms with E-state index in [1.807, 2.05) is 0 Å². The van der Waals surface area contributed by atoms with E-state index in [2.05, 4.69) is 39.5 Å². The second kappa shape index (κ2) is 4.30. The minimum absolute atomic E-state index is 0.0712. The second-order valence-corrected chi connectivity index (χ2v) is 6.26. The summed E-state index contributed by atoms with van der Waals surface area (Å²) < 4.78 is 6.38. The molecule has 2 nitrogen and oxygen atoms in total. The number of hydrogen-bond donors (Lipinski definition) is 0. The molecule has 2 aliphatic rings. The first kappa shape index (κ1) is 12.4. The molecule has 1 saturated carbocycles. The molecule has 3 atom stereocenters. The van der Waals surface area contributed by atoms with Crippen LogP contribution in [0.15, 0.2) is 0 Å². The topological polar surface area (TPSA) is 12.5 Å². The smallest absolute Gasteiger partial charge is 0.125 e. The first-order valence-electron chi connectivity index (χ1n) is 6.92. The van der Waals surface area contributed by atoms with Gasteiger partial charge in [0.15, 0.2) is 0 Å². The van der Waals surface area contributed by atoms with Crippen LogP contribution in [0.3, 0.4) is 0 Å². The summed E-state index contributed by atoms with van der Waals surface area (Å²) in [5.74, 6) is 1.45. The fourth-order valence-corrected chi connectivity index (χ4v) is 3.88. The summed E-state index contributed by atoms with van der Waals surface area (Å²) in [7, 11) is 0. The highest BCUT2D eigenvalue weighted by atomic mass is 16.5. The third-order valence-corrected chi connectivity index (χ3v) is 4.40. The van der Waals surface area contributed by atoms with E-state index in [4.69, 9.17) is 4.74 Å². The van der Waals surface area contributed by atoms with Crippen LogP contribution in [0.25, 0.3) is 0 Å². The SMILES string of the molecule is CC(C)[C@H]1CCC[C@]12O[C@@H](C)CN2C(C)C. The molecule has 2 heteroatoms. The lowest BCUT2D eigenvalue weighted by Gasteiger charge is -2.42. The summed E-state index contributed by atoms with van der Waals surface area (Å²) in [5.41, 5.74) is 0.0712. The van der Waals surface area contributed by atoms with E-state index in [1.54, 1.807) is 0 Å². The highest BCUT2D eigenvalue weighted by molar-refractivity contribution is 5.00. The van der Waals surface area contributed by atoms with Gasteiger partial charge in [0.1, 0.15) is 5.72 Å². The fourth-order valence-electron chi connectivity index (χ4n) is 3.88. The summed E-state index contributed by atoms with van der Waals surface area (Å²) in [6, 6.07) is 0.601. The highest BCUT2D eigenvalue weighted by Gasteiger charge is 2.54. The van der Waals surface area contributed by atoms with Crippen LogP contribution in [0.1, 0.15) is 53.9 Å². The molecule has 0 amide bonds. The second-order valence-electron chi connectivity index (χ2n) is 6.26. The fraction of sp³-hybridized carbons (Fsp3) is 1.00. The van der Waals surface area contributed by atoms with Gasteiger partial charge in [-0.2, -0.15) is 0 Å². The molecule has 1 saturated heterocycles. The van der Waals surface area contributed by atoms with Crippen LogP contribution >= 0.6 is 0 Å². The van der Waals surface area contributed by atoms with Gasteiger partial charge in [0.2, 0.25) is 0 Å². The average Bonchev–Trinajstić information content (AvgIpc) is 2.71. The Labute approximate surface area is 100 Å². The number of nitrogens with zero attached hydrogens (tertiary/aromatic N) is 1. The van der Waals surface area contributed by atoms with Crippen LogP contribution in [-0.2, 0) is 4.74 Å². The maximum Gasteiger partial charge on any atom is 0.125 e. The van der Waals surface area contributed by atoms with Crippen LogP contribution in [0.4, 0.5) is 0 Å². The zero-order valence-corrected chi connectivity index (χ0v) is 11.5. The van der Waals surface area contributed by atoms with Crippen LogP contribution in [0, 0.1) is 11.8 Å². The van der Waals surface area contributed by atoms with E-state index in [1.165, 1.54) is 19.3 Å². The lowest BCUT2D eigenvalue weighted by Crippen LogP contribution is -2.52. The van der Waals surface area contributed by atoms with Crippen LogP contribution < -0.4 is 0 Å². The Morgan fingerprint density at radius 1 is 1.25 bits per heavy atom. The molecular formula is C14H27NO. The van der Waals surface area contributed by atoms with Gasteiger partial charge in [0.25, 0.3) is 0 Å². The van der Waals surface area contributed by atoms with Gasteiger partial charge in [-0.15, -0.1) is 0 Å². The maximum atomic E-state index is 6.38. The standard InChI is InChI=1S/C14H27NO/c1-10(2)13-7-6-8-14(13)15(11(3)4)9-12(5)16-14/h10-13H,6-9H2,1-5H3/t12-,13+,14-/m0/s1. The van der Waals surface area contributed by atoms with Gasteiger partial charge in [0.05, 0.1) is 6.10 Å². The molecule has 94 valence electrons. The number of hydrogen-bond acceptors (Lipinski definition) is 2. The minimum Gasteiger partial charge on any atom is -0.356 e. The van der Waals surface area contributed by atoms with E-state index >= 15 is 0 Å². The normalized spacial score (nSPS) is 40.7. The van der Waals surface area contributed by atoms with Gasteiger partial charge in [-0.25, -0.2) is 0 Å². The molecule has 0 aromatic carbocycles. The van der Waals surface area contributed by atoms with Gasteiger partial charge in [0, 0.05) is 18.5 Å². The predicted molar refractivity (Wildman–Crippen MR) is 67.3 cm³/mol. The van der Waals surface area contributed by atoms with Gasteiger partial charge in [-0.05, 0) is 46.0 Å².